The van der Waals surface area contributed by atoms with E-state index in [4.69, 9.17) is 4.74 Å². The maximum Gasteiger partial charge on any atom is 0.234 e. The SMILES string of the molecule is Cc1ccc(OCc2nnc(SCC(=O)Nc3cccc(C)c3C)n2C)cc1. The Morgan fingerprint density at radius 3 is 2.61 bits per heavy atom. The van der Waals surface area contributed by atoms with Crippen LogP contribution in [0.15, 0.2) is 47.6 Å². The molecule has 1 N–H and O–H groups in total. The van der Waals surface area contributed by atoms with Crippen molar-refractivity contribution in [3.05, 3.63) is 65.0 Å². The van der Waals surface area contributed by atoms with Crippen molar-refractivity contribution in [2.75, 3.05) is 11.1 Å². The number of hydrogen-bond donors (Lipinski definition) is 1. The monoisotopic (exact) mass is 396 g/mol. The van der Waals surface area contributed by atoms with E-state index in [9.17, 15) is 4.79 Å². The summed E-state index contributed by atoms with van der Waals surface area (Å²) in [7, 11) is 1.87. The average molecular weight is 397 g/mol. The first kappa shape index (κ1) is 19.9. The van der Waals surface area contributed by atoms with Crippen LogP contribution in [-0.4, -0.2) is 26.4 Å². The summed E-state index contributed by atoms with van der Waals surface area (Å²) in [6, 6.07) is 13.7. The Bertz CT molecular complexity index is 967. The number of nitrogens with one attached hydrogen (secondary N) is 1. The van der Waals surface area contributed by atoms with Gasteiger partial charge in [0.2, 0.25) is 5.91 Å². The molecule has 0 saturated heterocycles. The molecule has 0 saturated carbocycles. The number of carbonyl (C=O) groups is 1. The lowest BCUT2D eigenvalue weighted by atomic mass is 10.1. The minimum atomic E-state index is -0.0702. The van der Waals surface area contributed by atoms with Crippen molar-refractivity contribution in [2.45, 2.75) is 32.5 Å². The summed E-state index contributed by atoms with van der Waals surface area (Å²) in [4.78, 5) is 12.3. The summed E-state index contributed by atoms with van der Waals surface area (Å²) in [5.41, 5.74) is 4.26. The fourth-order valence-electron chi connectivity index (χ4n) is 2.58. The van der Waals surface area contributed by atoms with Crippen LogP contribution >= 0.6 is 11.8 Å². The summed E-state index contributed by atoms with van der Waals surface area (Å²) in [5.74, 6) is 1.69. The molecule has 1 amide bonds. The van der Waals surface area contributed by atoms with Gasteiger partial charge in [-0.05, 0) is 50.1 Å². The number of thioether (sulfide) groups is 1. The van der Waals surface area contributed by atoms with Crippen molar-refractivity contribution in [3.8, 4) is 5.75 Å². The Morgan fingerprint density at radius 2 is 1.86 bits per heavy atom. The molecule has 28 heavy (non-hydrogen) atoms. The van der Waals surface area contributed by atoms with Crippen LogP contribution in [0.4, 0.5) is 5.69 Å². The highest BCUT2D eigenvalue weighted by atomic mass is 32.2. The van der Waals surface area contributed by atoms with Crippen molar-refractivity contribution in [1.82, 2.24) is 14.8 Å². The predicted molar refractivity (Wildman–Crippen MR) is 112 cm³/mol. The van der Waals surface area contributed by atoms with Gasteiger partial charge in [0, 0.05) is 12.7 Å². The summed E-state index contributed by atoms with van der Waals surface area (Å²) < 4.78 is 7.61. The number of nitrogens with zero attached hydrogens (tertiary/aromatic N) is 3. The van der Waals surface area contributed by atoms with E-state index >= 15 is 0 Å². The normalized spacial score (nSPS) is 10.7. The van der Waals surface area contributed by atoms with Gasteiger partial charge in [-0.3, -0.25) is 4.79 Å². The Labute approximate surface area is 169 Å². The minimum absolute atomic E-state index is 0.0702. The Hall–Kier alpha value is -2.80. The lowest BCUT2D eigenvalue weighted by molar-refractivity contribution is -0.113. The largest absolute Gasteiger partial charge is 0.486 e. The number of carbonyl (C=O) groups excluding carboxylic acids is 1. The van der Waals surface area contributed by atoms with E-state index < -0.39 is 0 Å². The van der Waals surface area contributed by atoms with E-state index in [-0.39, 0.29) is 11.7 Å². The predicted octanol–water partition coefficient (Wildman–Crippen LogP) is 4.05. The zero-order chi connectivity index (χ0) is 20.1. The number of benzene rings is 2. The molecule has 146 valence electrons. The molecule has 0 aliphatic rings. The molecule has 3 aromatic rings. The fraction of sp³-hybridized carbons (Fsp3) is 0.286. The average Bonchev–Trinajstić information content (AvgIpc) is 3.03. The van der Waals surface area contributed by atoms with E-state index in [2.05, 4.69) is 15.5 Å². The number of hydrogen-bond acceptors (Lipinski definition) is 5. The second-order valence-corrected chi connectivity index (χ2v) is 7.59. The highest BCUT2D eigenvalue weighted by Gasteiger charge is 2.13. The van der Waals surface area contributed by atoms with Gasteiger partial charge >= 0.3 is 0 Å². The molecule has 6 nitrogen and oxygen atoms in total. The molecule has 0 radical (unpaired) electrons. The van der Waals surface area contributed by atoms with Gasteiger partial charge in [-0.15, -0.1) is 10.2 Å². The van der Waals surface area contributed by atoms with Crippen LogP contribution in [-0.2, 0) is 18.4 Å². The van der Waals surface area contributed by atoms with Crippen molar-refractivity contribution in [2.24, 2.45) is 7.05 Å². The van der Waals surface area contributed by atoms with E-state index in [1.807, 2.05) is 74.9 Å². The van der Waals surface area contributed by atoms with Crippen LogP contribution in [0.3, 0.4) is 0 Å². The first-order valence-electron chi connectivity index (χ1n) is 9.00. The third kappa shape index (κ3) is 4.92. The molecule has 1 aromatic heterocycles. The van der Waals surface area contributed by atoms with E-state index in [1.54, 1.807) is 0 Å². The summed E-state index contributed by atoms with van der Waals surface area (Å²) in [5, 5.41) is 12.0. The number of rotatable bonds is 7. The Balaban J connectivity index is 1.54. The van der Waals surface area contributed by atoms with Crippen LogP contribution in [0.5, 0.6) is 5.75 Å². The highest BCUT2D eigenvalue weighted by Crippen LogP contribution is 2.20. The smallest absolute Gasteiger partial charge is 0.234 e. The molecular formula is C21H24N4O2S. The Morgan fingerprint density at radius 1 is 1.11 bits per heavy atom. The van der Waals surface area contributed by atoms with Gasteiger partial charge < -0.3 is 14.6 Å². The fourth-order valence-corrected chi connectivity index (χ4v) is 3.31. The van der Waals surface area contributed by atoms with Crippen LogP contribution < -0.4 is 10.1 Å². The van der Waals surface area contributed by atoms with Crippen LogP contribution in [0.25, 0.3) is 0 Å². The zero-order valence-corrected chi connectivity index (χ0v) is 17.3. The molecule has 1 heterocycles. The molecule has 3 rings (SSSR count). The van der Waals surface area contributed by atoms with Gasteiger partial charge in [-0.25, -0.2) is 0 Å². The lowest BCUT2D eigenvalue weighted by Gasteiger charge is -2.10. The zero-order valence-electron chi connectivity index (χ0n) is 16.5. The van der Waals surface area contributed by atoms with Crippen molar-refractivity contribution < 1.29 is 9.53 Å². The van der Waals surface area contributed by atoms with Gasteiger partial charge in [-0.2, -0.15) is 0 Å². The van der Waals surface area contributed by atoms with Crippen LogP contribution in [0.1, 0.15) is 22.5 Å². The molecular weight excluding hydrogens is 372 g/mol. The quantitative estimate of drug-likeness (QED) is 0.610. The lowest BCUT2D eigenvalue weighted by Crippen LogP contribution is -2.15. The van der Waals surface area contributed by atoms with Crippen LogP contribution in [0, 0.1) is 20.8 Å². The standard InChI is InChI=1S/C21H24N4O2S/c1-14-8-10-17(11-9-14)27-12-19-23-24-21(25(19)4)28-13-20(26)22-18-7-5-6-15(2)16(18)3/h5-11H,12-13H2,1-4H3,(H,22,26). The number of aryl methyl sites for hydroxylation is 2. The van der Waals surface area contributed by atoms with E-state index in [1.165, 1.54) is 17.3 Å². The number of ether oxygens (including phenoxy) is 1. The summed E-state index contributed by atoms with van der Waals surface area (Å²) >= 11 is 1.35. The second-order valence-electron chi connectivity index (χ2n) is 6.64. The molecule has 0 spiro atoms. The summed E-state index contributed by atoms with van der Waals surface area (Å²) in [6.45, 7) is 6.38. The molecule has 0 atom stereocenters. The minimum Gasteiger partial charge on any atom is -0.486 e. The van der Waals surface area contributed by atoms with Crippen molar-refractivity contribution in [3.63, 3.8) is 0 Å². The molecule has 0 fully saturated rings. The molecule has 0 bridgehead atoms. The van der Waals surface area contributed by atoms with Gasteiger partial charge in [-0.1, -0.05) is 41.6 Å². The molecule has 7 heteroatoms. The Kier molecular flexibility index (Phi) is 6.36. The third-order valence-electron chi connectivity index (χ3n) is 4.53. The van der Waals surface area contributed by atoms with E-state index in [0.29, 0.717) is 17.6 Å². The van der Waals surface area contributed by atoms with Gasteiger partial charge in [0.25, 0.3) is 0 Å². The number of aromatic nitrogens is 3. The molecule has 0 aliphatic heterocycles. The highest BCUT2D eigenvalue weighted by molar-refractivity contribution is 7.99. The first-order valence-corrected chi connectivity index (χ1v) is 9.99. The van der Waals surface area contributed by atoms with Crippen molar-refractivity contribution >= 4 is 23.4 Å². The van der Waals surface area contributed by atoms with Crippen molar-refractivity contribution in [1.29, 1.82) is 0 Å². The molecule has 2 aromatic carbocycles. The topological polar surface area (TPSA) is 69.0 Å². The number of amides is 1. The van der Waals surface area contributed by atoms with Crippen LogP contribution in [0.2, 0.25) is 0 Å². The van der Waals surface area contributed by atoms with Gasteiger partial charge in [0.1, 0.15) is 12.4 Å². The summed E-state index contributed by atoms with van der Waals surface area (Å²) in [6.07, 6.45) is 0. The van der Waals surface area contributed by atoms with Gasteiger partial charge in [0.05, 0.1) is 5.75 Å². The first-order chi connectivity index (χ1) is 13.4. The maximum atomic E-state index is 12.3. The maximum absolute atomic E-state index is 12.3. The molecule has 0 aliphatic carbocycles. The van der Waals surface area contributed by atoms with E-state index in [0.717, 1.165) is 22.6 Å². The number of anilines is 1. The second kappa shape index (κ2) is 8.93. The molecule has 0 unspecified atom stereocenters. The third-order valence-corrected chi connectivity index (χ3v) is 5.55. The van der Waals surface area contributed by atoms with Gasteiger partial charge in [0.15, 0.2) is 11.0 Å².